The Morgan fingerprint density at radius 2 is 1.86 bits per heavy atom. The van der Waals surface area contributed by atoms with Gasteiger partial charge in [-0.3, -0.25) is 15.0 Å². The van der Waals surface area contributed by atoms with Gasteiger partial charge >= 0.3 is 0 Å². The molecule has 1 saturated heterocycles. The molecule has 36 heavy (non-hydrogen) atoms. The third-order valence-electron chi connectivity index (χ3n) is 4.94. The zero-order valence-corrected chi connectivity index (χ0v) is 22.1. The van der Waals surface area contributed by atoms with Gasteiger partial charge in [-0.15, -0.1) is 6.58 Å². The van der Waals surface area contributed by atoms with Crippen LogP contribution in [0.4, 0.5) is 5.69 Å². The molecular weight excluding hydrogens is 522 g/mol. The summed E-state index contributed by atoms with van der Waals surface area (Å²) in [5.41, 5.74) is 4.04. The van der Waals surface area contributed by atoms with Crippen LogP contribution >= 0.6 is 36.2 Å². The van der Waals surface area contributed by atoms with E-state index in [1.54, 1.807) is 24.3 Å². The number of rotatable bonds is 8. The topological polar surface area (TPSA) is 109 Å². The summed E-state index contributed by atoms with van der Waals surface area (Å²) in [6.45, 7) is 3.68. The Morgan fingerprint density at radius 3 is 2.44 bits per heavy atom. The van der Waals surface area contributed by atoms with E-state index in [4.69, 9.17) is 38.6 Å². The first-order chi connectivity index (χ1) is 17.2. The molecule has 0 bridgehead atoms. The van der Waals surface area contributed by atoms with Gasteiger partial charge in [0, 0.05) is 23.4 Å². The van der Waals surface area contributed by atoms with Crippen molar-refractivity contribution in [3.63, 3.8) is 0 Å². The van der Waals surface area contributed by atoms with Crippen molar-refractivity contribution in [1.82, 2.24) is 10.4 Å². The van der Waals surface area contributed by atoms with Crippen molar-refractivity contribution < 1.29 is 28.9 Å². The van der Waals surface area contributed by atoms with E-state index in [-0.39, 0.29) is 20.0 Å². The fourth-order valence-corrected chi connectivity index (χ4v) is 4.56. The lowest BCUT2D eigenvalue weighted by molar-refractivity contribution is -0.123. The number of hydrogen-bond donors (Lipinski definition) is 3. The van der Waals surface area contributed by atoms with Crippen LogP contribution in [0.1, 0.15) is 11.1 Å². The Labute approximate surface area is 223 Å². The maximum absolute atomic E-state index is 12.9. The zero-order chi connectivity index (χ0) is 26.4. The lowest BCUT2D eigenvalue weighted by atomic mass is 10.1. The number of anilines is 1. The number of hydrazine groups is 1. The molecule has 0 saturated carbocycles. The van der Waals surface area contributed by atoms with E-state index >= 15 is 0 Å². The molecule has 1 aliphatic rings. The number of phenolic OH excluding ortho intramolecular Hbond substituents is 1. The molecule has 0 atom stereocenters. The summed E-state index contributed by atoms with van der Waals surface area (Å²) in [6, 6.07) is 8.30. The molecular formula is C24H23N3O6S3. The van der Waals surface area contributed by atoms with Crippen LogP contribution in [0.3, 0.4) is 0 Å². The summed E-state index contributed by atoms with van der Waals surface area (Å²) >= 11 is 11.5. The number of benzene rings is 2. The molecule has 0 radical (unpaired) electrons. The van der Waals surface area contributed by atoms with Crippen LogP contribution in [-0.4, -0.2) is 52.6 Å². The van der Waals surface area contributed by atoms with E-state index in [0.717, 1.165) is 16.8 Å². The molecule has 3 rings (SSSR count). The molecule has 3 N–H and O–H groups in total. The van der Waals surface area contributed by atoms with Gasteiger partial charge in [0.2, 0.25) is 5.75 Å². The van der Waals surface area contributed by atoms with Gasteiger partial charge in [-0.05, 0) is 30.3 Å². The Morgan fingerprint density at radius 1 is 1.19 bits per heavy atom. The zero-order valence-electron chi connectivity index (χ0n) is 19.6. The molecule has 2 aromatic rings. The van der Waals surface area contributed by atoms with Crippen molar-refractivity contribution in [3.05, 3.63) is 59.0 Å². The van der Waals surface area contributed by atoms with E-state index in [9.17, 15) is 14.7 Å². The fourth-order valence-electron chi connectivity index (χ4n) is 3.25. The lowest BCUT2D eigenvalue weighted by Gasteiger charge is -2.18. The Bertz CT molecular complexity index is 1250. The maximum atomic E-state index is 12.9. The van der Waals surface area contributed by atoms with Gasteiger partial charge in [0.1, 0.15) is 5.75 Å². The van der Waals surface area contributed by atoms with E-state index in [0.29, 0.717) is 40.5 Å². The van der Waals surface area contributed by atoms with Crippen molar-refractivity contribution in [3.8, 4) is 23.0 Å². The number of para-hydroxylation sites is 1. The van der Waals surface area contributed by atoms with Crippen molar-refractivity contribution >= 4 is 69.1 Å². The highest BCUT2D eigenvalue weighted by Crippen LogP contribution is 2.40. The molecule has 1 heterocycles. The second kappa shape index (κ2) is 11.9. The van der Waals surface area contributed by atoms with Gasteiger partial charge in [-0.2, -0.15) is 5.01 Å². The number of hydrogen-bond acceptors (Lipinski definition) is 9. The van der Waals surface area contributed by atoms with Crippen molar-refractivity contribution in [2.24, 2.45) is 0 Å². The average molecular weight is 546 g/mol. The Kier molecular flexibility index (Phi) is 8.91. The van der Waals surface area contributed by atoms with Crippen LogP contribution < -0.4 is 25.0 Å². The number of allylic oxidation sites excluding steroid dienone is 1. The summed E-state index contributed by atoms with van der Waals surface area (Å²) in [6.07, 6.45) is 3.68. The van der Waals surface area contributed by atoms with Gasteiger partial charge in [-0.25, -0.2) is 0 Å². The fraction of sp³-hybridized carbons (Fsp3) is 0.167. The van der Waals surface area contributed by atoms with Crippen LogP contribution in [0.25, 0.3) is 6.08 Å². The standard InChI is InChI=1S/C24H23N3O6S3/c1-5-7-13-8-6-9-14(19(13)28)10-18-23(30)27(24(35)36-18)26-22(34)21(29)25-15-11-16(31-2)20(33-4)17(12-15)32-3/h5-6,8-12,28H,1,7H2,2-4H3,(H,25,29)(H,26,34)/b18-10+. The first-order valence-corrected chi connectivity index (χ1v) is 12.0. The second-order valence-corrected chi connectivity index (χ2v) is 9.26. The number of carbonyl (C=O) groups is 2. The molecule has 2 amide bonds. The molecule has 0 unspecified atom stereocenters. The highest BCUT2D eigenvalue weighted by atomic mass is 32.2. The van der Waals surface area contributed by atoms with Gasteiger partial charge in [0.15, 0.2) is 20.8 Å². The van der Waals surface area contributed by atoms with Crippen LogP contribution in [0.5, 0.6) is 23.0 Å². The summed E-state index contributed by atoms with van der Waals surface area (Å²) in [5, 5.41) is 14.1. The maximum Gasteiger partial charge on any atom is 0.285 e. The normalized spacial score (nSPS) is 14.0. The smallest absolute Gasteiger partial charge is 0.285 e. The molecule has 1 fully saturated rings. The number of aromatic hydroxyl groups is 1. The number of ether oxygens (including phenoxy) is 3. The third kappa shape index (κ3) is 5.78. The number of nitrogens with one attached hydrogen (secondary N) is 2. The van der Waals surface area contributed by atoms with E-state index in [2.05, 4.69) is 17.3 Å². The molecule has 188 valence electrons. The minimum Gasteiger partial charge on any atom is -0.507 e. The van der Waals surface area contributed by atoms with Crippen molar-refractivity contribution in [2.75, 3.05) is 26.6 Å². The summed E-state index contributed by atoms with van der Waals surface area (Å²) in [5.74, 6) is -0.101. The van der Waals surface area contributed by atoms with Crippen LogP contribution in [0.15, 0.2) is 47.9 Å². The van der Waals surface area contributed by atoms with Crippen molar-refractivity contribution in [1.29, 1.82) is 0 Å². The Hall–Kier alpha value is -3.61. The van der Waals surface area contributed by atoms with Crippen LogP contribution in [-0.2, 0) is 16.0 Å². The lowest BCUT2D eigenvalue weighted by Crippen LogP contribution is -2.48. The predicted octanol–water partition coefficient (Wildman–Crippen LogP) is 3.82. The molecule has 0 aliphatic carbocycles. The highest BCUT2D eigenvalue weighted by molar-refractivity contribution is 8.26. The molecule has 9 nitrogen and oxygen atoms in total. The number of phenols is 1. The third-order valence-corrected chi connectivity index (χ3v) is 6.52. The van der Waals surface area contributed by atoms with E-state index < -0.39 is 11.8 Å². The largest absolute Gasteiger partial charge is 0.507 e. The number of carbonyl (C=O) groups excluding carboxylic acids is 2. The number of nitrogens with zero attached hydrogens (tertiary/aromatic N) is 1. The van der Waals surface area contributed by atoms with Crippen LogP contribution in [0.2, 0.25) is 0 Å². The van der Waals surface area contributed by atoms with Gasteiger partial charge in [0.25, 0.3) is 11.8 Å². The summed E-state index contributed by atoms with van der Waals surface area (Å²) < 4.78 is 16.0. The monoisotopic (exact) mass is 545 g/mol. The van der Waals surface area contributed by atoms with E-state index in [1.807, 2.05) is 0 Å². The van der Waals surface area contributed by atoms with Crippen molar-refractivity contribution in [2.45, 2.75) is 6.42 Å². The summed E-state index contributed by atoms with van der Waals surface area (Å²) in [4.78, 5) is 25.6. The van der Waals surface area contributed by atoms with Gasteiger partial charge in [0.05, 0.1) is 26.2 Å². The summed E-state index contributed by atoms with van der Waals surface area (Å²) in [7, 11) is 4.37. The van der Waals surface area contributed by atoms with Gasteiger partial charge in [-0.1, -0.05) is 48.3 Å². The first kappa shape index (κ1) is 27.0. The first-order valence-electron chi connectivity index (χ1n) is 10.4. The number of methoxy groups -OCH3 is 3. The quantitative estimate of drug-likeness (QED) is 0.257. The molecule has 0 spiro atoms. The number of thioether (sulfide) groups is 1. The highest BCUT2D eigenvalue weighted by Gasteiger charge is 2.34. The molecule has 0 aromatic heterocycles. The molecule has 2 aromatic carbocycles. The number of amides is 2. The molecule has 1 aliphatic heterocycles. The minimum absolute atomic E-state index is 0.0517. The van der Waals surface area contributed by atoms with Gasteiger partial charge < -0.3 is 24.6 Å². The Balaban J connectivity index is 1.74. The minimum atomic E-state index is -0.688. The van der Waals surface area contributed by atoms with Crippen LogP contribution in [0, 0.1) is 0 Å². The predicted molar refractivity (Wildman–Crippen MR) is 147 cm³/mol. The average Bonchev–Trinajstić information content (AvgIpc) is 3.12. The number of thiocarbonyl (C=S) groups is 2. The SMILES string of the molecule is C=CCc1cccc(/C=C2/SC(=S)N(NC(=S)C(=O)Nc3cc(OC)c(OC)c(OC)c3)C2=O)c1O. The second-order valence-electron chi connectivity index (χ2n) is 7.17. The molecule has 12 heteroatoms. The van der Waals surface area contributed by atoms with E-state index in [1.165, 1.54) is 39.5 Å².